The SMILES string of the molecule is NC(=O)NCCCCCC(=O)N1CCN(S(=O)(=O)c2ccccc2)CC1. The van der Waals surface area contributed by atoms with Crippen LogP contribution in [0.1, 0.15) is 25.7 Å². The van der Waals surface area contributed by atoms with E-state index in [1.54, 1.807) is 35.2 Å². The molecular weight excluding hydrogens is 356 g/mol. The van der Waals surface area contributed by atoms with Gasteiger partial charge in [0.1, 0.15) is 0 Å². The lowest BCUT2D eigenvalue weighted by atomic mass is 10.1. The van der Waals surface area contributed by atoms with E-state index in [4.69, 9.17) is 5.73 Å². The van der Waals surface area contributed by atoms with Crippen LogP contribution in [0, 0.1) is 0 Å². The van der Waals surface area contributed by atoms with Gasteiger partial charge >= 0.3 is 6.03 Å². The van der Waals surface area contributed by atoms with Crippen LogP contribution in [0.3, 0.4) is 0 Å². The van der Waals surface area contributed by atoms with Gasteiger partial charge in [-0.1, -0.05) is 24.6 Å². The van der Waals surface area contributed by atoms with E-state index < -0.39 is 16.1 Å². The molecule has 8 nitrogen and oxygen atoms in total. The van der Waals surface area contributed by atoms with Crippen LogP contribution in [0.2, 0.25) is 0 Å². The zero-order valence-electron chi connectivity index (χ0n) is 14.8. The summed E-state index contributed by atoms with van der Waals surface area (Å²) in [6, 6.07) is 7.81. The van der Waals surface area contributed by atoms with E-state index in [1.165, 1.54) is 4.31 Å². The number of nitrogens with one attached hydrogen (secondary N) is 1. The predicted octanol–water partition coefficient (Wildman–Crippen LogP) is 0.748. The Labute approximate surface area is 154 Å². The average molecular weight is 382 g/mol. The molecule has 1 aromatic rings. The molecule has 2 rings (SSSR count). The summed E-state index contributed by atoms with van der Waals surface area (Å²) < 4.78 is 26.6. The molecule has 1 aliphatic heterocycles. The van der Waals surface area contributed by atoms with Crippen molar-refractivity contribution in [1.82, 2.24) is 14.5 Å². The Hall–Kier alpha value is -2.13. The van der Waals surface area contributed by atoms with Crippen molar-refractivity contribution in [1.29, 1.82) is 0 Å². The van der Waals surface area contributed by atoms with Crippen molar-refractivity contribution in [2.24, 2.45) is 5.73 Å². The second-order valence-electron chi connectivity index (χ2n) is 6.20. The molecule has 9 heteroatoms. The van der Waals surface area contributed by atoms with E-state index in [9.17, 15) is 18.0 Å². The first-order valence-electron chi connectivity index (χ1n) is 8.77. The Morgan fingerprint density at radius 2 is 1.65 bits per heavy atom. The van der Waals surface area contributed by atoms with Crippen molar-refractivity contribution >= 4 is 22.0 Å². The number of primary amides is 1. The number of sulfonamides is 1. The molecule has 1 heterocycles. The number of nitrogens with zero attached hydrogens (tertiary/aromatic N) is 2. The summed E-state index contributed by atoms with van der Waals surface area (Å²) in [7, 11) is -3.49. The van der Waals surface area contributed by atoms with Gasteiger partial charge in [0.25, 0.3) is 0 Å². The molecule has 1 saturated heterocycles. The molecule has 26 heavy (non-hydrogen) atoms. The third-order valence-electron chi connectivity index (χ3n) is 4.34. The fourth-order valence-electron chi connectivity index (χ4n) is 2.87. The van der Waals surface area contributed by atoms with Gasteiger partial charge in [-0.2, -0.15) is 4.31 Å². The molecule has 0 atom stereocenters. The van der Waals surface area contributed by atoms with Gasteiger partial charge < -0.3 is 16.0 Å². The number of benzene rings is 1. The number of hydrogen-bond donors (Lipinski definition) is 2. The summed E-state index contributed by atoms with van der Waals surface area (Å²) in [5.41, 5.74) is 4.97. The number of piperazine rings is 1. The van der Waals surface area contributed by atoms with Crippen molar-refractivity contribution in [3.63, 3.8) is 0 Å². The van der Waals surface area contributed by atoms with E-state index in [1.807, 2.05) is 0 Å². The second kappa shape index (κ2) is 9.54. The van der Waals surface area contributed by atoms with Gasteiger partial charge in [-0.3, -0.25) is 4.79 Å². The summed E-state index contributed by atoms with van der Waals surface area (Å²) >= 11 is 0. The first-order chi connectivity index (χ1) is 12.4. The van der Waals surface area contributed by atoms with Crippen LogP contribution in [0.15, 0.2) is 35.2 Å². The van der Waals surface area contributed by atoms with Gasteiger partial charge in [0.05, 0.1) is 4.90 Å². The number of amides is 3. The minimum Gasteiger partial charge on any atom is -0.352 e. The Balaban J connectivity index is 1.72. The van der Waals surface area contributed by atoms with Crippen LogP contribution in [0.25, 0.3) is 0 Å². The third kappa shape index (κ3) is 5.70. The molecule has 1 aliphatic rings. The van der Waals surface area contributed by atoms with Crippen LogP contribution < -0.4 is 11.1 Å². The highest BCUT2D eigenvalue weighted by atomic mass is 32.2. The lowest BCUT2D eigenvalue weighted by molar-refractivity contribution is -0.132. The van der Waals surface area contributed by atoms with Crippen LogP contribution in [-0.2, 0) is 14.8 Å². The number of unbranched alkanes of at least 4 members (excludes halogenated alkanes) is 2. The number of urea groups is 1. The molecule has 0 aromatic heterocycles. The second-order valence-corrected chi connectivity index (χ2v) is 8.14. The molecule has 0 aliphatic carbocycles. The first-order valence-corrected chi connectivity index (χ1v) is 10.2. The lowest BCUT2D eigenvalue weighted by Crippen LogP contribution is -2.50. The summed E-state index contributed by atoms with van der Waals surface area (Å²) in [5.74, 6) is 0.0459. The van der Waals surface area contributed by atoms with Crippen LogP contribution >= 0.6 is 0 Å². The Morgan fingerprint density at radius 3 is 2.27 bits per heavy atom. The van der Waals surface area contributed by atoms with Gasteiger partial charge in [0.15, 0.2) is 0 Å². The number of rotatable bonds is 8. The van der Waals surface area contributed by atoms with Gasteiger partial charge in [0, 0.05) is 39.1 Å². The van der Waals surface area contributed by atoms with E-state index >= 15 is 0 Å². The van der Waals surface area contributed by atoms with Crippen LogP contribution in [-0.4, -0.2) is 62.3 Å². The Morgan fingerprint density at radius 1 is 1.00 bits per heavy atom. The van der Waals surface area contributed by atoms with Crippen molar-refractivity contribution in [3.05, 3.63) is 30.3 Å². The van der Waals surface area contributed by atoms with Crippen molar-refractivity contribution in [2.75, 3.05) is 32.7 Å². The van der Waals surface area contributed by atoms with Gasteiger partial charge in [-0.05, 0) is 25.0 Å². The van der Waals surface area contributed by atoms with Crippen molar-refractivity contribution < 1.29 is 18.0 Å². The zero-order valence-corrected chi connectivity index (χ0v) is 15.6. The Bertz CT molecular complexity index is 701. The molecular formula is C17H26N4O4S. The van der Waals surface area contributed by atoms with E-state index in [0.29, 0.717) is 39.1 Å². The van der Waals surface area contributed by atoms with Crippen molar-refractivity contribution in [3.8, 4) is 0 Å². The molecule has 1 fully saturated rings. The summed E-state index contributed by atoms with van der Waals surface area (Å²) in [6.45, 7) is 1.96. The number of carbonyl (C=O) groups excluding carboxylic acids is 2. The summed E-state index contributed by atoms with van der Waals surface area (Å²) in [4.78, 5) is 24.8. The lowest BCUT2D eigenvalue weighted by Gasteiger charge is -2.34. The maximum absolute atomic E-state index is 12.6. The van der Waals surface area contributed by atoms with Crippen molar-refractivity contribution in [2.45, 2.75) is 30.6 Å². The monoisotopic (exact) mass is 382 g/mol. The largest absolute Gasteiger partial charge is 0.352 e. The van der Waals surface area contributed by atoms with Crippen LogP contribution in [0.4, 0.5) is 4.79 Å². The quantitative estimate of drug-likeness (QED) is 0.646. The molecule has 0 spiro atoms. The Kier molecular flexibility index (Phi) is 7.40. The van der Waals surface area contributed by atoms with E-state index in [-0.39, 0.29) is 10.8 Å². The fraction of sp³-hybridized carbons (Fsp3) is 0.529. The maximum atomic E-state index is 12.6. The topological polar surface area (TPSA) is 113 Å². The highest BCUT2D eigenvalue weighted by Gasteiger charge is 2.29. The molecule has 144 valence electrons. The normalized spacial score (nSPS) is 15.6. The molecule has 1 aromatic carbocycles. The molecule has 0 bridgehead atoms. The average Bonchev–Trinajstić information content (AvgIpc) is 2.65. The number of hydrogen-bond acceptors (Lipinski definition) is 4. The predicted molar refractivity (Wildman–Crippen MR) is 97.8 cm³/mol. The minimum atomic E-state index is -3.49. The molecule has 0 unspecified atom stereocenters. The summed E-state index contributed by atoms with van der Waals surface area (Å²) in [5, 5.41) is 2.51. The first kappa shape index (κ1) is 20.2. The molecule has 3 amide bonds. The van der Waals surface area contributed by atoms with Gasteiger partial charge in [0.2, 0.25) is 15.9 Å². The highest BCUT2D eigenvalue weighted by Crippen LogP contribution is 2.17. The maximum Gasteiger partial charge on any atom is 0.312 e. The molecule has 0 saturated carbocycles. The summed E-state index contributed by atoms with van der Waals surface area (Å²) in [6.07, 6.45) is 2.78. The molecule has 0 radical (unpaired) electrons. The fourth-order valence-corrected chi connectivity index (χ4v) is 4.31. The smallest absolute Gasteiger partial charge is 0.312 e. The van der Waals surface area contributed by atoms with Gasteiger partial charge in [-0.25, -0.2) is 13.2 Å². The minimum absolute atomic E-state index is 0.0459. The van der Waals surface area contributed by atoms with E-state index in [0.717, 1.165) is 19.3 Å². The third-order valence-corrected chi connectivity index (χ3v) is 6.25. The zero-order chi connectivity index (χ0) is 19.0. The van der Waals surface area contributed by atoms with Gasteiger partial charge in [-0.15, -0.1) is 0 Å². The molecule has 3 N–H and O–H groups in total. The van der Waals surface area contributed by atoms with E-state index in [2.05, 4.69) is 5.32 Å². The number of nitrogens with two attached hydrogens (primary N) is 1. The van der Waals surface area contributed by atoms with Crippen LogP contribution in [0.5, 0.6) is 0 Å². The standard InChI is InChI=1S/C17H26N4O4S/c18-17(23)19-10-6-2-5-9-16(22)20-11-13-21(14-12-20)26(24,25)15-7-3-1-4-8-15/h1,3-4,7-8H,2,5-6,9-14H2,(H3,18,19,23). The highest BCUT2D eigenvalue weighted by molar-refractivity contribution is 7.89. The number of carbonyl (C=O) groups is 2.